The van der Waals surface area contributed by atoms with E-state index in [1.54, 1.807) is 12.2 Å². The van der Waals surface area contributed by atoms with E-state index in [-0.39, 0.29) is 18.5 Å². The quantitative estimate of drug-likeness (QED) is 0.542. The summed E-state index contributed by atoms with van der Waals surface area (Å²) in [7, 11) is 0. The molecule has 0 unspecified atom stereocenters. The monoisotopic (exact) mass is 244 g/mol. The van der Waals surface area contributed by atoms with E-state index in [4.69, 9.17) is 4.74 Å². The first kappa shape index (κ1) is 14.2. The van der Waals surface area contributed by atoms with Gasteiger partial charge in [0, 0.05) is 0 Å². The van der Waals surface area contributed by atoms with Gasteiger partial charge in [0.1, 0.15) is 6.61 Å². The summed E-state index contributed by atoms with van der Waals surface area (Å²) >= 11 is 0. The van der Waals surface area contributed by atoms with E-state index in [1.165, 1.54) is 11.1 Å². The lowest BCUT2D eigenvalue weighted by Gasteiger charge is -2.15. The highest BCUT2D eigenvalue weighted by atomic mass is 16.5. The molecule has 1 atom stereocenters. The van der Waals surface area contributed by atoms with Gasteiger partial charge in [0.05, 0.1) is 5.92 Å². The second-order valence-corrected chi connectivity index (χ2v) is 4.27. The van der Waals surface area contributed by atoms with Crippen LogP contribution in [0.3, 0.4) is 0 Å². The molecule has 0 saturated carbocycles. The number of benzene rings is 1. The van der Waals surface area contributed by atoms with Crippen molar-refractivity contribution >= 4 is 5.97 Å². The van der Waals surface area contributed by atoms with Crippen molar-refractivity contribution in [2.24, 2.45) is 5.92 Å². The van der Waals surface area contributed by atoms with Crippen LogP contribution in [0.2, 0.25) is 0 Å². The number of carbonyl (C=O) groups is 1. The molecule has 0 N–H and O–H groups in total. The third-order valence-corrected chi connectivity index (χ3v) is 2.86. The molecule has 0 radical (unpaired) electrons. The topological polar surface area (TPSA) is 26.3 Å². The van der Waals surface area contributed by atoms with Crippen molar-refractivity contribution in [1.82, 2.24) is 0 Å². The molecule has 1 aromatic rings. The van der Waals surface area contributed by atoms with Crippen LogP contribution < -0.4 is 0 Å². The Morgan fingerprint density at radius 1 is 1.33 bits per heavy atom. The fourth-order valence-corrected chi connectivity index (χ4v) is 1.83. The minimum atomic E-state index is -0.182. The Morgan fingerprint density at radius 3 is 2.67 bits per heavy atom. The van der Waals surface area contributed by atoms with Crippen LogP contribution in [0.5, 0.6) is 0 Å². The molecule has 0 aliphatic heterocycles. The van der Waals surface area contributed by atoms with Crippen LogP contribution in [-0.4, -0.2) is 12.6 Å². The maximum atomic E-state index is 11.9. The number of rotatable bonds is 7. The van der Waals surface area contributed by atoms with E-state index in [0.717, 1.165) is 0 Å². The molecule has 0 aromatic heterocycles. The fraction of sp³-hybridized carbons (Fsp3) is 0.312. The summed E-state index contributed by atoms with van der Waals surface area (Å²) in [6.45, 7) is 9.55. The molecule has 0 aliphatic rings. The Labute approximate surface area is 109 Å². The first-order chi connectivity index (χ1) is 8.69. The third kappa shape index (κ3) is 4.21. The molecule has 2 heteroatoms. The second kappa shape index (κ2) is 7.49. The summed E-state index contributed by atoms with van der Waals surface area (Å²) in [6.07, 6.45) is 4.66. The van der Waals surface area contributed by atoms with Crippen molar-refractivity contribution in [3.63, 3.8) is 0 Å². The molecule has 0 aliphatic carbocycles. The van der Waals surface area contributed by atoms with Gasteiger partial charge in [-0.1, -0.05) is 43.0 Å². The van der Waals surface area contributed by atoms with Gasteiger partial charge in [0.2, 0.25) is 0 Å². The summed E-state index contributed by atoms with van der Waals surface area (Å²) in [5.74, 6) is -0.346. The van der Waals surface area contributed by atoms with Crippen molar-refractivity contribution in [2.75, 3.05) is 6.61 Å². The van der Waals surface area contributed by atoms with Gasteiger partial charge in [-0.25, -0.2) is 0 Å². The zero-order valence-electron chi connectivity index (χ0n) is 10.9. The van der Waals surface area contributed by atoms with Crippen LogP contribution in [0.25, 0.3) is 0 Å². The smallest absolute Gasteiger partial charge is 0.309 e. The molecule has 1 rings (SSSR count). The number of ether oxygens (including phenoxy) is 1. The van der Waals surface area contributed by atoms with Crippen molar-refractivity contribution in [3.05, 3.63) is 60.7 Å². The lowest BCUT2D eigenvalue weighted by Crippen LogP contribution is -2.20. The predicted octanol–water partition coefficient (Wildman–Crippen LogP) is 3.46. The van der Waals surface area contributed by atoms with Gasteiger partial charge in [-0.15, -0.1) is 6.58 Å². The molecule has 0 heterocycles. The lowest BCUT2D eigenvalue weighted by molar-refractivity contribution is -0.147. The van der Waals surface area contributed by atoms with Gasteiger partial charge in [0.25, 0.3) is 0 Å². The van der Waals surface area contributed by atoms with Crippen molar-refractivity contribution in [3.8, 4) is 0 Å². The van der Waals surface area contributed by atoms with E-state index in [2.05, 4.69) is 26.1 Å². The highest BCUT2D eigenvalue weighted by molar-refractivity contribution is 5.73. The van der Waals surface area contributed by atoms with Gasteiger partial charge in [-0.2, -0.15) is 0 Å². The average Bonchev–Trinajstić information content (AvgIpc) is 2.38. The van der Waals surface area contributed by atoms with Crippen LogP contribution >= 0.6 is 0 Å². The van der Waals surface area contributed by atoms with Gasteiger partial charge in [-0.05, 0) is 30.9 Å². The number of allylic oxidation sites excluding steroid dienone is 1. The Kier molecular flexibility index (Phi) is 5.92. The molecule has 1 aromatic carbocycles. The number of carbonyl (C=O) groups excluding carboxylic acids is 1. The minimum absolute atomic E-state index is 0.163. The van der Waals surface area contributed by atoms with Gasteiger partial charge in [-0.3, -0.25) is 4.79 Å². The SMILES string of the molecule is C=CCOC(=O)[C@H](CC=C)Cc1ccccc1C. The molecule has 0 amide bonds. The number of esters is 1. The number of hydrogen-bond donors (Lipinski definition) is 0. The first-order valence-corrected chi connectivity index (χ1v) is 6.12. The highest BCUT2D eigenvalue weighted by Crippen LogP contribution is 2.17. The first-order valence-electron chi connectivity index (χ1n) is 6.12. The summed E-state index contributed by atoms with van der Waals surface area (Å²) in [6, 6.07) is 8.08. The van der Waals surface area contributed by atoms with Gasteiger partial charge in [0.15, 0.2) is 0 Å². The van der Waals surface area contributed by atoms with Crippen LogP contribution in [0.15, 0.2) is 49.6 Å². The van der Waals surface area contributed by atoms with Crippen LogP contribution in [0.1, 0.15) is 17.5 Å². The predicted molar refractivity (Wildman–Crippen MR) is 74.3 cm³/mol. The largest absolute Gasteiger partial charge is 0.461 e. The number of hydrogen-bond acceptors (Lipinski definition) is 2. The van der Waals surface area contributed by atoms with E-state index in [9.17, 15) is 4.79 Å². The molecule has 0 saturated heterocycles. The summed E-state index contributed by atoms with van der Waals surface area (Å²) < 4.78 is 5.11. The summed E-state index contributed by atoms with van der Waals surface area (Å²) in [5, 5.41) is 0. The van der Waals surface area contributed by atoms with E-state index in [0.29, 0.717) is 12.8 Å². The van der Waals surface area contributed by atoms with Crippen molar-refractivity contribution < 1.29 is 9.53 Å². The van der Waals surface area contributed by atoms with Gasteiger partial charge >= 0.3 is 5.97 Å². The third-order valence-electron chi connectivity index (χ3n) is 2.86. The Balaban J connectivity index is 2.73. The van der Waals surface area contributed by atoms with Crippen LogP contribution in [0, 0.1) is 12.8 Å². The highest BCUT2D eigenvalue weighted by Gasteiger charge is 2.19. The summed E-state index contributed by atoms with van der Waals surface area (Å²) in [5.41, 5.74) is 2.38. The van der Waals surface area contributed by atoms with Gasteiger partial charge < -0.3 is 4.74 Å². The Hall–Kier alpha value is -1.83. The maximum Gasteiger partial charge on any atom is 0.309 e. The standard InChI is InChI=1S/C16H20O2/c1-4-8-15(16(17)18-11-5-2)12-14-10-7-6-9-13(14)3/h4-7,9-10,15H,1-2,8,11-12H2,3H3/t15-/m1/s1. The van der Waals surface area contributed by atoms with Crippen LogP contribution in [-0.2, 0) is 16.0 Å². The number of aryl methyl sites for hydroxylation is 1. The Bertz CT molecular complexity index is 421. The molecular weight excluding hydrogens is 224 g/mol. The summed E-state index contributed by atoms with van der Waals surface area (Å²) in [4.78, 5) is 11.9. The lowest BCUT2D eigenvalue weighted by atomic mass is 9.94. The maximum absolute atomic E-state index is 11.9. The molecule has 96 valence electrons. The molecular formula is C16H20O2. The fourth-order valence-electron chi connectivity index (χ4n) is 1.83. The second-order valence-electron chi connectivity index (χ2n) is 4.27. The van der Waals surface area contributed by atoms with E-state index in [1.807, 2.05) is 18.2 Å². The zero-order chi connectivity index (χ0) is 13.4. The zero-order valence-corrected chi connectivity index (χ0v) is 10.9. The molecule has 0 spiro atoms. The molecule has 2 nitrogen and oxygen atoms in total. The van der Waals surface area contributed by atoms with Crippen molar-refractivity contribution in [1.29, 1.82) is 0 Å². The molecule has 0 bridgehead atoms. The minimum Gasteiger partial charge on any atom is -0.461 e. The Morgan fingerprint density at radius 2 is 2.06 bits per heavy atom. The van der Waals surface area contributed by atoms with E-state index < -0.39 is 0 Å². The molecule has 0 fully saturated rings. The van der Waals surface area contributed by atoms with Crippen LogP contribution in [0.4, 0.5) is 0 Å². The molecule has 18 heavy (non-hydrogen) atoms. The van der Waals surface area contributed by atoms with Crippen molar-refractivity contribution in [2.45, 2.75) is 19.8 Å². The van der Waals surface area contributed by atoms with E-state index >= 15 is 0 Å². The normalized spacial score (nSPS) is 11.6. The average molecular weight is 244 g/mol.